The Kier molecular flexibility index (Phi) is 3.97. The van der Waals surface area contributed by atoms with Crippen molar-refractivity contribution in [2.24, 2.45) is 12.8 Å². The fourth-order valence-corrected chi connectivity index (χ4v) is 2.14. The summed E-state index contributed by atoms with van der Waals surface area (Å²) in [5.74, 6) is -0.553. The van der Waals surface area contributed by atoms with Gasteiger partial charge in [0.1, 0.15) is 11.8 Å². The number of carbonyl (C=O) groups excluding carboxylic acids is 1. The first-order chi connectivity index (χ1) is 9.51. The summed E-state index contributed by atoms with van der Waals surface area (Å²) in [6.45, 7) is 0.557. The number of aryl methyl sites for hydroxylation is 1. The highest BCUT2D eigenvalue weighted by molar-refractivity contribution is 6.34. The minimum atomic E-state index is -0.553. The first-order valence-corrected chi connectivity index (χ1v) is 6.27. The molecule has 0 radical (unpaired) electrons. The summed E-state index contributed by atoms with van der Waals surface area (Å²) in [6, 6.07) is 8.88. The minimum Gasteiger partial charge on any atom is -0.381 e. The molecule has 0 saturated heterocycles. The molecular formula is C14H13ClN4O. The Morgan fingerprint density at radius 3 is 2.80 bits per heavy atom. The van der Waals surface area contributed by atoms with Crippen molar-refractivity contribution in [2.75, 3.05) is 5.32 Å². The van der Waals surface area contributed by atoms with Gasteiger partial charge in [-0.15, -0.1) is 0 Å². The molecule has 20 heavy (non-hydrogen) atoms. The maximum absolute atomic E-state index is 11.1. The van der Waals surface area contributed by atoms with Gasteiger partial charge in [-0.25, -0.2) is 0 Å². The number of nitrogens with one attached hydrogen (secondary N) is 1. The number of hydrogen-bond acceptors (Lipinski definition) is 3. The second kappa shape index (κ2) is 5.68. The first-order valence-electron chi connectivity index (χ1n) is 5.90. The average molecular weight is 289 g/mol. The van der Waals surface area contributed by atoms with Crippen LogP contribution in [0.5, 0.6) is 0 Å². The molecule has 0 saturated carbocycles. The molecule has 0 bridgehead atoms. The smallest absolute Gasteiger partial charge is 0.250 e. The van der Waals surface area contributed by atoms with E-state index in [2.05, 4.69) is 11.4 Å². The van der Waals surface area contributed by atoms with Crippen LogP contribution in [-0.4, -0.2) is 10.5 Å². The van der Waals surface area contributed by atoms with Crippen LogP contribution in [0.4, 0.5) is 5.69 Å². The number of nitriles is 1. The van der Waals surface area contributed by atoms with Crippen LogP contribution in [0.15, 0.2) is 30.5 Å². The van der Waals surface area contributed by atoms with Crippen LogP contribution in [-0.2, 0) is 13.6 Å². The van der Waals surface area contributed by atoms with Gasteiger partial charge in [0, 0.05) is 25.5 Å². The van der Waals surface area contributed by atoms with E-state index in [1.165, 1.54) is 0 Å². The monoisotopic (exact) mass is 288 g/mol. The number of halogens is 1. The molecule has 1 heterocycles. The minimum absolute atomic E-state index is 0.295. The summed E-state index contributed by atoms with van der Waals surface area (Å²) in [7, 11) is 1.82. The molecule has 0 aliphatic carbocycles. The largest absolute Gasteiger partial charge is 0.381 e. The molecule has 3 N–H and O–H groups in total. The van der Waals surface area contributed by atoms with E-state index in [4.69, 9.17) is 22.6 Å². The Labute approximate surface area is 121 Å². The van der Waals surface area contributed by atoms with Gasteiger partial charge >= 0.3 is 0 Å². The lowest BCUT2D eigenvalue weighted by Crippen LogP contribution is -2.11. The Balaban J connectivity index is 2.09. The predicted octanol–water partition coefficient (Wildman–Crippen LogP) is 2.26. The topological polar surface area (TPSA) is 83.8 Å². The van der Waals surface area contributed by atoms with Gasteiger partial charge in [0.2, 0.25) is 5.91 Å². The van der Waals surface area contributed by atoms with Crippen LogP contribution < -0.4 is 11.1 Å². The zero-order valence-electron chi connectivity index (χ0n) is 10.9. The van der Waals surface area contributed by atoms with Crippen LogP contribution in [0.25, 0.3) is 0 Å². The number of aromatic nitrogens is 1. The van der Waals surface area contributed by atoms with Crippen molar-refractivity contribution in [2.45, 2.75) is 6.54 Å². The third-order valence-electron chi connectivity index (χ3n) is 2.91. The van der Waals surface area contributed by atoms with Gasteiger partial charge in [0.15, 0.2) is 0 Å². The normalized spacial score (nSPS) is 10.1. The molecule has 1 aromatic carbocycles. The fraction of sp³-hybridized carbons (Fsp3) is 0.143. The Morgan fingerprint density at radius 1 is 1.50 bits per heavy atom. The van der Waals surface area contributed by atoms with Crippen molar-refractivity contribution >= 4 is 23.2 Å². The van der Waals surface area contributed by atoms with Gasteiger partial charge < -0.3 is 15.6 Å². The lowest BCUT2D eigenvalue weighted by atomic mass is 10.2. The number of nitrogens with zero attached hydrogens (tertiary/aromatic N) is 2. The molecule has 6 heteroatoms. The Hall–Kier alpha value is -2.45. The van der Waals surface area contributed by atoms with Gasteiger partial charge in [0.25, 0.3) is 0 Å². The summed E-state index contributed by atoms with van der Waals surface area (Å²) in [4.78, 5) is 11.1. The number of primary amides is 1. The summed E-state index contributed by atoms with van der Waals surface area (Å²) < 4.78 is 1.76. The van der Waals surface area contributed by atoms with Gasteiger partial charge in [0.05, 0.1) is 10.6 Å². The second-order valence-electron chi connectivity index (χ2n) is 4.37. The number of hydrogen-bond donors (Lipinski definition) is 2. The van der Waals surface area contributed by atoms with Gasteiger partial charge in [-0.1, -0.05) is 11.6 Å². The highest BCUT2D eigenvalue weighted by Crippen LogP contribution is 2.21. The van der Waals surface area contributed by atoms with Crippen LogP contribution in [0.2, 0.25) is 5.02 Å². The molecule has 2 rings (SSSR count). The molecule has 5 nitrogen and oxygen atoms in total. The average Bonchev–Trinajstić information content (AvgIpc) is 2.76. The van der Waals surface area contributed by atoms with Gasteiger partial charge in [-0.3, -0.25) is 4.79 Å². The molecule has 0 aliphatic rings. The lowest BCUT2D eigenvalue weighted by Gasteiger charge is -2.07. The van der Waals surface area contributed by atoms with Crippen LogP contribution >= 0.6 is 11.6 Å². The molecule has 0 spiro atoms. The van der Waals surface area contributed by atoms with Crippen molar-refractivity contribution in [1.29, 1.82) is 5.26 Å². The summed E-state index contributed by atoms with van der Waals surface area (Å²) in [5.41, 5.74) is 7.85. The number of nitrogens with two attached hydrogens (primary N) is 1. The number of rotatable bonds is 4. The van der Waals surface area contributed by atoms with Crippen LogP contribution in [0.3, 0.4) is 0 Å². The number of amides is 1. The highest BCUT2D eigenvalue weighted by atomic mass is 35.5. The lowest BCUT2D eigenvalue weighted by molar-refractivity contribution is 0.100. The van der Waals surface area contributed by atoms with E-state index in [0.29, 0.717) is 22.8 Å². The quantitative estimate of drug-likeness (QED) is 0.905. The number of anilines is 1. The molecular weight excluding hydrogens is 276 g/mol. The van der Waals surface area contributed by atoms with E-state index in [1.54, 1.807) is 22.8 Å². The standard InChI is InChI=1S/C14H13ClN4O/c1-19-8-9(4-11(19)6-16)7-18-10-2-3-12(14(17)20)13(15)5-10/h2-5,8,18H,7H2,1H3,(H2,17,20). The van der Waals surface area contributed by atoms with Crippen LogP contribution in [0.1, 0.15) is 21.6 Å². The van der Waals surface area contributed by atoms with Crippen molar-refractivity contribution in [3.8, 4) is 6.07 Å². The molecule has 0 fully saturated rings. The zero-order chi connectivity index (χ0) is 14.7. The summed E-state index contributed by atoms with van der Waals surface area (Å²) in [6.07, 6.45) is 1.88. The van der Waals surface area contributed by atoms with Crippen molar-refractivity contribution in [3.05, 3.63) is 52.3 Å². The van der Waals surface area contributed by atoms with Crippen molar-refractivity contribution in [3.63, 3.8) is 0 Å². The third kappa shape index (κ3) is 2.92. The molecule has 0 unspecified atom stereocenters. The number of benzene rings is 1. The zero-order valence-corrected chi connectivity index (χ0v) is 11.6. The molecule has 0 aliphatic heterocycles. The molecule has 102 valence electrons. The first kappa shape index (κ1) is 14.0. The molecule has 2 aromatic rings. The summed E-state index contributed by atoms with van der Waals surface area (Å²) >= 11 is 5.97. The SMILES string of the molecule is Cn1cc(CNc2ccc(C(N)=O)c(Cl)c2)cc1C#N. The van der Waals surface area contributed by atoms with Crippen LogP contribution in [0, 0.1) is 11.3 Å². The number of carbonyl (C=O) groups is 1. The van der Waals surface area contributed by atoms with Gasteiger partial charge in [-0.05, 0) is 29.8 Å². The van der Waals surface area contributed by atoms with Gasteiger partial charge in [-0.2, -0.15) is 5.26 Å². The summed E-state index contributed by atoms with van der Waals surface area (Å²) in [5, 5.41) is 12.4. The maximum atomic E-state index is 11.1. The van der Waals surface area contributed by atoms with E-state index in [9.17, 15) is 4.79 Å². The fourth-order valence-electron chi connectivity index (χ4n) is 1.87. The Bertz CT molecular complexity index is 700. The van der Waals surface area contributed by atoms with E-state index < -0.39 is 5.91 Å². The highest BCUT2D eigenvalue weighted by Gasteiger charge is 2.07. The van der Waals surface area contributed by atoms with E-state index in [0.717, 1.165) is 11.3 Å². The maximum Gasteiger partial charge on any atom is 0.250 e. The van der Waals surface area contributed by atoms with E-state index in [-0.39, 0.29) is 0 Å². The Morgan fingerprint density at radius 2 is 2.25 bits per heavy atom. The van der Waals surface area contributed by atoms with E-state index >= 15 is 0 Å². The second-order valence-corrected chi connectivity index (χ2v) is 4.78. The van der Waals surface area contributed by atoms with E-state index in [1.807, 2.05) is 19.3 Å². The van der Waals surface area contributed by atoms with Crippen molar-refractivity contribution < 1.29 is 4.79 Å². The molecule has 1 aromatic heterocycles. The van der Waals surface area contributed by atoms with Crippen molar-refractivity contribution in [1.82, 2.24) is 4.57 Å². The molecule has 0 atom stereocenters. The predicted molar refractivity (Wildman–Crippen MR) is 77.4 cm³/mol. The molecule has 1 amide bonds. The third-order valence-corrected chi connectivity index (χ3v) is 3.22.